The molecule has 1 atom stereocenters. The average Bonchev–Trinajstić information content (AvgIpc) is 2.73. The largest absolute Gasteiger partial charge is 0.407 e. The van der Waals surface area contributed by atoms with Crippen molar-refractivity contribution in [2.75, 3.05) is 13.7 Å². The molecular weight excluding hydrogens is 374 g/mol. The third kappa shape index (κ3) is 6.02. The lowest BCUT2D eigenvalue weighted by molar-refractivity contribution is 0.129. The maximum atomic E-state index is 7.08. The third-order valence-corrected chi connectivity index (χ3v) is 10.5. The van der Waals surface area contributed by atoms with Gasteiger partial charge in [-0.2, -0.15) is 0 Å². The number of methoxy groups -OCH3 is 1. The number of rotatable bonds is 11. The summed E-state index contributed by atoms with van der Waals surface area (Å²) < 4.78 is 12.0. The molecule has 0 bridgehead atoms. The number of unbranched alkanes of at least 4 members (excludes halogenated alkanes) is 3. The normalized spacial score (nSPS) is 13.1. The Kier molecular flexibility index (Phi) is 9.10. The Morgan fingerprint density at radius 1 is 0.862 bits per heavy atom. The van der Waals surface area contributed by atoms with Gasteiger partial charge in [-0.1, -0.05) is 94.3 Å². The molecule has 3 nitrogen and oxygen atoms in total. The Balaban J connectivity index is 2.09. The van der Waals surface area contributed by atoms with Crippen LogP contribution in [0.5, 0.6) is 0 Å². The van der Waals surface area contributed by atoms with Gasteiger partial charge in [-0.05, 0) is 28.3 Å². The van der Waals surface area contributed by atoms with Gasteiger partial charge in [0, 0.05) is 13.7 Å². The summed E-state index contributed by atoms with van der Waals surface area (Å²) in [5.74, 6) is 0. The van der Waals surface area contributed by atoms with Crippen LogP contribution in [-0.2, 0) is 9.16 Å². The lowest BCUT2D eigenvalue weighted by atomic mass is 10.1. The van der Waals surface area contributed by atoms with Crippen LogP contribution in [0.4, 0.5) is 0 Å². The van der Waals surface area contributed by atoms with Crippen LogP contribution >= 0.6 is 0 Å². The van der Waals surface area contributed by atoms with E-state index in [-0.39, 0.29) is 11.3 Å². The first-order chi connectivity index (χ1) is 14.0. The first-order valence-corrected chi connectivity index (χ1v) is 12.5. The van der Waals surface area contributed by atoms with Gasteiger partial charge < -0.3 is 9.16 Å². The zero-order chi connectivity index (χ0) is 21.2. The van der Waals surface area contributed by atoms with Crippen LogP contribution in [0.15, 0.2) is 60.7 Å². The monoisotopic (exact) mass is 409 g/mol. The van der Waals surface area contributed by atoms with Gasteiger partial charge in [0.05, 0.1) is 6.42 Å². The molecule has 0 aliphatic rings. The highest BCUT2D eigenvalue weighted by molar-refractivity contribution is 6.99. The Labute approximate surface area is 178 Å². The highest BCUT2D eigenvalue weighted by Gasteiger charge is 2.49. The summed E-state index contributed by atoms with van der Waals surface area (Å²) in [4.78, 5) is 3.48. The van der Waals surface area contributed by atoms with Crippen molar-refractivity contribution in [3.63, 3.8) is 0 Å². The van der Waals surface area contributed by atoms with E-state index in [1.807, 2.05) is 0 Å². The maximum Gasteiger partial charge on any atom is 0.327 e. The average molecular weight is 410 g/mol. The van der Waals surface area contributed by atoms with Crippen LogP contribution in [-0.4, -0.2) is 28.3 Å². The predicted octanol–water partition coefficient (Wildman–Crippen LogP) is 5.41. The van der Waals surface area contributed by atoms with Gasteiger partial charge in [0.15, 0.2) is 0 Å². The van der Waals surface area contributed by atoms with Crippen molar-refractivity contribution in [1.82, 2.24) is 0 Å². The fourth-order valence-corrected chi connectivity index (χ4v) is 8.60. The molecule has 0 aliphatic heterocycles. The van der Waals surface area contributed by atoms with Gasteiger partial charge in [0.25, 0.3) is 8.32 Å². The number of hydrogen-bond acceptors (Lipinski definition) is 2. The molecule has 0 N–H and O–H groups in total. The fourth-order valence-electron chi connectivity index (χ4n) is 4.00. The van der Waals surface area contributed by atoms with Gasteiger partial charge >= 0.3 is 6.23 Å². The van der Waals surface area contributed by atoms with E-state index in [9.17, 15) is 0 Å². The smallest absolute Gasteiger partial charge is 0.327 e. The minimum Gasteiger partial charge on any atom is -0.407 e. The molecule has 0 aromatic heterocycles. The minimum absolute atomic E-state index is 0.0248. The number of benzene rings is 2. The number of nitrogens with zero attached hydrogens (tertiary/aromatic N) is 1. The van der Waals surface area contributed by atoms with E-state index >= 15 is 0 Å². The molecule has 2 aromatic rings. The first-order valence-electron chi connectivity index (χ1n) is 10.6. The highest BCUT2D eigenvalue weighted by Crippen LogP contribution is 2.36. The summed E-state index contributed by atoms with van der Waals surface area (Å²) >= 11 is 0. The molecule has 4 heteroatoms. The molecule has 0 spiro atoms. The van der Waals surface area contributed by atoms with Gasteiger partial charge in [0.2, 0.25) is 0 Å². The van der Waals surface area contributed by atoms with Gasteiger partial charge in [0.1, 0.15) is 0 Å². The van der Waals surface area contributed by atoms with Crippen LogP contribution in [0.3, 0.4) is 0 Å². The van der Waals surface area contributed by atoms with Gasteiger partial charge in [-0.25, -0.2) is 6.57 Å². The van der Waals surface area contributed by atoms with Crippen molar-refractivity contribution in [2.24, 2.45) is 0 Å². The van der Waals surface area contributed by atoms with Gasteiger partial charge in [-0.3, -0.25) is 4.85 Å². The molecule has 29 heavy (non-hydrogen) atoms. The molecule has 2 aromatic carbocycles. The first kappa shape index (κ1) is 23.3. The summed E-state index contributed by atoms with van der Waals surface area (Å²) in [6.45, 7) is 14.8. The zero-order valence-corrected chi connectivity index (χ0v) is 19.4. The van der Waals surface area contributed by atoms with E-state index in [0.717, 1.165) is 38.7 Å². The van der Waals surface area contributed by atoms with Crippen molar-refractivity contribution in [2.45, 2.75) is 64.1 Å². The van der Waals surface area contributed by atoms with E-state index < -0.39 is 8.32 Å². The van der Waals surface area contributed by atoms with Crippen molar-refractivity contribution in [3.05, 3.63) is 72.1 Å². The van der Waals surface area contributed by atoms with Crippen LogP contribution in [0, 0.1) is 6.57 Å². The Morgan fingerprint density at radius 3 is 1.83 bits per heavy atom. The molecular formula is C25H35NO2Si. The van der Waals surface area contributed by atoms with Crippen LogP contribution in [0.2, 0.25) is 5.04 Å². The highest BCUT2D eigenvalue weighted by atomic mass is 28.4. The maximum absolute atomic E-state index is 7.08. The Hall–Kier alpha value is -1.93. The lowest BCUT2D eigenvalue weighted by Gasteiger charge is -2.43. The third-order valence-electron chi connectivity index (χ3n) is 5.50. The van der Waals surface area contributed by atoms with Gasteiger partial charge in [-0.15, -0.1) is 0 Å². The SMILES string of the molecule is [C-]#[N+]C(CCCCCCO[Si](c1ccccc1)(c1ccccc1)C(C)(C)C)OC. The van der Waals surface area contributed by atoms with Crippen molar-refractivity contribution >= 4 is 18.7 Å². The van der Waals surface area contributed by atoms with E-state index in [2.05, 4.69) is 86.3 Å². The molecule has 2 rings (SSSR count). The summed E-state index contributed by atoms with van der Waals surface area (Å²) in [5, 5.41) is 2.69. The molecule has 0 radical (unpaired) electrons. The number of ether oxygens (including phenoxy) is 1. The summed E-state index contributed by atoms with van der Waals surface area (Å²) in [6.07, 6.45) is 4.82. The van der Waals surface area contributed by atoms with Crippen LogP contribution < -0.4 is 10.4 Å². The van der Waals surface area contributed by atoms with E-state index in [1.165, 1.54) is 10.4 Å². The predicted molar refractivity (Wildman–Crippen MR) is 124 cm³/mol. The second-order valence-electron chi connectivity index (χ2n) is 8.53. The second-order valence-corrected chi connectivity index (χ2v) is 12.8. The molecule has 0 heterocycles. The summed E-state index contributed by atoms with van der Waals surface area (Å²) in [5.41, 5.74) is 0. The number of hydrogen-bond donors (Lipinski definition) is 0. The standard InChI is InChI=1S/C25H35NO2Si/c1-25(2,3)29(22-16-10-8-11-17-22,23-18-12-9-13-19-23)28-21-15-7-6-14-20-24(26-4)27-5/h8-13,16-19,24H,6-7,14-15,20-21H2,1-3,5H3. The molecule has 0 saturated heterocycles. The second kappa shape index (κ2) is 11.3. The Bertz CT molecular complexity index is 710. The Morgan fingerprint density at radius 2 is 1.38 bits per heavy atom. The lowest BCUT2D eigenvalue weighted by Crippen LogP contribution is -2.66. The van der Waals surface area contributed by atoms with E-state index in [1.54, 1.807) is 7.11 Å². The van der Waals surface area contributed by atoms with E-state index in [0.29, 0.717) is 0 Å². The minimum atomic E-state index is -2.41. The molecule has 0 aliphatic carbocycles. The van der Waals surface area contributed by atoms with Crippen molar-refractivity contribution in [1.29, 1.82) is 0 Å². The molecule has 0 fully saturated rings. The molecule has 156 valence electrons. The van der Waals surface area contributed by atoms with Crippen molar-refractivity contribution in [3.8, 4) is 0 Å². The fraction of sp³-hybridized carbons (Fsp3) is 0.480. The van der Waals surface area contributed by atoms with Crippen LogP contribution in [0.1, 0.15) is 52.9 Å². The zero-order valence-electron chi connectivity index (χ0n) is 18.4. The molecule has 1 unspecified atom stereocenters. The van der Waals surface area contributed by atoms with Crippen molar-refractivity contribution < 1.29 is 9.16 Å². The molecule has 0 saturated carbocycles. The summed E-state index contributed by atoms with van der Waals surface area (Å²) in [6, 6.07) is 21.6. The molecule has 0 amide bonds. The summed E-state index contributed by atoms with van der Waals surface area (Å²) in [7, 11) is -0.796. The van der Waals surface area contributed by atoms with Crippen LogP contribution in [0.25, 0.3) is 4.85 Å². The quantitative estimate of drug-likeness (QED) is 0.281. The topological polar surface area (TPSA) is 22.8 Å². The van der Waals surface area contributed by atoms with E-state index in [4.69, 9.17) is 15.7 Å².